The van der Waals surface area contributed by atoms with E-state index in [1.807, 2.05) is 48.5 Å². The third-order valence-corrected chi connectivity index (χ3v) is 9.75. The zero-order chi connectivity index (χ0) is 33.7. The standard InChI is InChI=1S/C47H29N3O/c1-3-10-30(11-4-1)31-18-20-32(21-19-31)33-22-26-37(27-23-33)46-48-45(36-13-5-2-6-14-36)49-47(50-46)40-16-9-17-41-43(40)39-29-28-35-25-24-34-12-7-8-15-38(34)42(35)44(39)51-41/h1-29H. The van der Waals surface area contributed by atoms with Crippen LogP contribution in [0.3, 0.4) is 0 Å². The molecule has 0 aliphatic carbocycles. The maximum Gasteiger partial charge on any atom is 0.164 e. The number of hydrogen-bond donors (Lipinski definition) is 0. The Bertz CT molecular complexity index is 2880. The summed E-state index contributed by atoms with van der Waals surface area (Å²) in [5, 5.41) is 6.65. The molecule has 2 heterocycles. The minimum absolute atomic E-state index is 0.603. The van der Waals surface area contributed by atoms with Crippen LogP contribution in [0.15, 0.2) is 180 Å². The van der Waals surface area contributed by atoms with Gasteiger partial charge in [-0.2, -0.15) is 0 Å². The Kier molecular flexibility index (Phi) is 6.78. The molecule has 8 aromatic carbocycles. The van der Waals surface area contributed by atoms with Crippen molar-refractivity contribution in [3.8, 4) is 56.4 Å². The average Bonchev–Trinajstić information content (AvgIpc) is 3.61. The van der Waals surface area contributed by atoms with Crippen molar-refractivity contribution in [2.45, 2.75) is 0 Å². The first-order valence-corrected chi connectivity index (χ1v) is 17.1. The number of fused-ring (bicyclic) bond motifs is 7. The van der Waals surface area contributed by atoms with E-state index < -0.39 is 0 Å². The predicted octanol–water partition coefficient (Wildman–Crippen LogP) is 12.4. The second kappa shape index (κ2) is 11.9. The molecule has 0 atom stereocenters. The Balaban J connectivity index is 1.11. The topological polar surface area (TPSA) is 51.8 Å². The number of rotatable bonds is 5. The summed E-state index contributed by atoms with van der Waals surface area (Å²) in [4.78, 5) is 15.2. The molecule has 0 radical (unpaired) electrons. The maximum absolute atomic E-state index is 6.68. The van der Waals surface area contributed by atoms with Crippen LogP contribution in [0.25, 0.3) is 99.9 Å². The van der Waals surface area contributed by atoms with E-state index in [0.29, 0.717) is 17.5 Å². The minimum Gasteiger partial charge on any atom is -0.455 e. The zero-order valence-electron chi connectivity index (χ0n) is 27.5. The largest absolute Gasteiger partial charge is 0.455 e. The summed E-state index contributed by atoms with van der Waals surface area (Å²) in [6, 6.07) is 61.0. The average molecular weight is 652 g/mol. The van der Waals surface area contributed by atoms with Gasteiger partial charge in [0.25, 0.3) is 0 Å². The summed E-state index contributed by atoms with van der Waals surface area (Å²) in [5.41, 5.74) is 9.12. The Morgan fingerprint density at radius 1 is 0.314 bits per heavy atom. The van der Waals surface area contributed by atoms with Crippen molar-refractivity contribution in [1.82, 2.24) is 15.0 Å². The first kappa shape index (κ1) is 29.0. The molecule has 51 heavy (non-hydrogen) atoms. The highest BCUT2D eigenvalue weighted by Gasteiger charge is 2.19. The summed E-state index contributed by atoms with van der Waals surface area (Å²) >= 11 is 0. The molecule has 0 N–H and O–H groups in total. The molecule has 2 aromatic heterocycles. The molecule has 0 fully saturated rings. The highest BCUT2D eigenvalue weighted by atomic mass is 16.3. The van der Waals surface area contributed by atoms with Crippen LogP contribution in [0.4, 0.5) is 0 Å². The van der Waals surface area contributed by atoms with Gasteiger partial charge in [0.1, 0.15) is 11.2 Å². The van der Waals surface area contributed by atoms with Crippen molar-refractivity contribution >= 4 is 43.5 Å². The normalized spacial score (nSPS) is 11.5. The van der Waals surface area contributed by atoms with Gasteiger partial charge in [0.05, 0.1) is 0 Å². The van der Waals surface area contributed by atoms with Gasteiger partial charge in [-0.1, -0.05) is 164 Å². The van der Waals surface area contributed by atoms with Crippen molar-refractivity contribution in [1.29, 1.82) is 0 Å². The van der Waals surface area contributed by atoms with Gasteiger partial charge in [-0.15, -0.1) is 0 Å². The van der Waals surface area contributed by atoms with Crippen LogP contribution in [0.1, 0.15) is 0 Å². The van der Waals surface area contributed by atoms with E-state index in [9.17, 15) is 0 Å². The van der Waals surface area contributed by atoms with Crippen LogP contribution in [-0.2, 0) is 0 Å². The van der Waals surface area contributed by atoms with Crippen LogP contribution in [-0.4, -0.2) is 15.0 Å². The number of nitrogens with zero attached hydrogens (tertiary/aromatic N) is 3. The molecule has 4 nitrogen and oxygen atoms in total. The third-order valence-electron chi connectivity index (χ3n) is 9.75. The molecule has 10 rings (SSSR count). The summed E-state index contributed by atoms with van der Waals surface area (Å²) in [6.45, 7) is 0. The molecule has 238 valence electrons. The summed E-state index contributed by atoms with van der Waals surface area (Å²) < 4.78 is 6.68. The molecule has 0 bridgehead atoms. The predicted molar refractivity (Wildman–Crippen MR) is 209 cm³/mol. The van der Waals surface area contributed by atoms with E-state index in [-0.39, 0.29) is 0 Å². The minimum atomic E-state index is 0.603. The molecule has 0 saturated carbocycles. The fourth-order valence-electron chi connectivity index (χ4n) is 7.20. The van der Waals surface area contributed by atoms with Gasteiger partial charge in [-0.05, 0) is 50.5 Å². The van der Waals surface area contributed by atoms with Crippen molar-refractivity contribution in [2.24, 2.45) is 0 Å². The quantitative estimate of drug-likeness (QED) is 0.174. The Morgan fingerprint density at radius 3 is 1.51 bits per heavy atom. The summed E-state index contributed by atoms with van der Waals surface area (Å²) in [7, 11) is 0. The molecule has 0 saturated heterocycles. The van der Waals surface area contributed by atoms with Crippen LogP contribution in [0.2, 0.25) is 0 Å². The molecule has 0 aliphatic heterocycles. The number of aromatic nitrogens is 3. The highest BCUT2D eigenvalue weighted by molar-refractivity contribution is 6.24. The first-order chi connectivity index (χ1) is 25.3. The lowest BCUT2D eigenvalue weighted by Gasteiger charge is -2.10. The van der Waals surface area contributed by atoms with Crippen molar-refractivity contribution < 1.29 is 4.42 Å². The number of furan rings is 1. The van der Waals surface area contributed by atoms with E-state index in [2.05, 4.69) is 127 Å². The van der Waals surface area contributed by atoms with Gasteiger partial charge in [0.2, 0.25) is 0 Å². The maximum atomic E-state index is 6.68. The Labute approximate surface area is 294 Å². The van der Waals surface area contributed by atoms with Gasteiger partial charge >= 0.3 is 0 Å². The Hall–Kier alpha value is -6.91. The van der Waals surface area contributed by atoms with Crippen molar-refractivity contribution in [2.75, 3.05) is 0 Å². The molecule has 0 aliphatic rings. The van der Waals surface area contributed by atoms with Gasteiger partial charge in [-0.3, -0.25) is 0 Å². The summed E-state index contributed by atoms with van der Waals surface area (Å²) in [5.74, 6) is 1.84. The second-order valence-corrected chi connectivity index (χ2v) is 12.8. The molecule has 0 spiro atoms. The lowest BCUT2D eigenvalue weighted by Crippen LogP contribution is -2.00. The Morgan fingerprint density at radius 2 is 0.824 bits per heavy atom. The van der Waals surface area contributed by atoms with Gasteiger partial charge < -0.3 is 4.42 Å². The van der Waals surface area contributed by atoms with E-state index in [1.54, 1.807) is 0 Å². The van der Waals surface area contributed by atoms with E-state index in [0.717, 1.165) is 60.5 Å². The summed E-state index contributed by atoms with van der Waals surface area (Å²) in [6.07, 6.45) is 0. The zero-order valence-corrected chi connectivity index (χ0v) is 27.5. The number of benzene rings is 8. The lowest BCUT2D eigenvalue weighted by atomic mass is 9.98. The van der Waals surface area contributed by atoms with Crippen LogP contribution in [0.5, 0.6) is 0 Å². The lowest BCUT2D eigenvalue weighted by molar-refractivity contribution is 0.673. The SMILES string of the molecule is c1ccc(-c2ccc(-c3ccc(-c4nc(-c5ccccc5)nc(-c5cccc6oc7c(ccc8ccc9ccccc9c87)c56)n4)cc3)cc2)cc1. The molecular formula is C47H29N3O. The molecule has 4 heteroatoms. The van der Waals surface area contributed by atoms with Crippen LogP contribution >= 0.6 is 0 Å². The molecule has 0 amide bonds. The first-order valence-electron chi connectivity index (χ1n) is 17.1. The second-order valence-electron chi connectivity index (χ2n) is 12.8. The van der Waals surface area contributed by atoms with Gasteiger partial charge in [0, 0.05) is 32.8 Å². The van der Waals surface area contributed by atoms with Crippen molar-refractivity contribution in [3.63, 3.8) is 0 Å². The fourth-order valence-corrected chi connectivity index (χ4v) is 7.20. The molecular weight excluding hydrogens is 623 g/mol. The van der Waals surface area contributed by atoms with E-state index >= 15 is 0 Å². The highest BCUT2D eigenvalue weighted by Crippen LogP contribution is 2.41. The smallest absolute Gasteiger partial charge is 0.164 e. The van der Waals surface area contributed by atoms with E-state index in [4.69, 9.17) is 19.4 Å². The molecule has 10 aromatic rings. The monoisotopic (exact) mass is 651 g/mol. The van der Waals surface area contributed by atoms with Gasteiger partial charge in [0.15, 0.2) is 17.5 Å². The van der Waals surface area contributed by atoms with Crippen molar-refractivity contribution in [3.05, 3.63) is 176 Å². The third kappa shape index (κ3) is 5.04. The van der Waals surface area contributed by atoms with E-state index in [1.165, 1.54) is 21.9 Å². The fraction of sp³-hybridized carbons (Fsp3) is 0. The molecule has 0 unspecified atom stereocenters. The number of hydrogen-bond acceptors (Lipinski definition) is 4. The van der Waals surface area contributed by atoms with Crippen LogP contribution in [0, 0.1) is 0 Å². The van der Waals surface area contributed by atoms with Crippen LogP contribution < -0.4 is 0 Å². The van der Waals surface area contributed by atoms with Gasteiger partial charge in [-0.25, -0.2) is 15.0 Å².